The Morgan fingerprint density at radius 2 is 1.84 bits per heavy atom. The molecule has 0 aliphatic heterocycles. The van der Waals surface area contributed by atoms with Crippen molar-refractivity contribution in [2.24, 2.45) is 0 Å². The van der Waals surface area contributed by atoms with E-state index in [0.717, 1.165) is 11.1 Å². The van der Waals surface area contributed by atoms with Gasteiger partial charge in [0.25, 0.3) is 5.91 Å². The molecule has 4 nitrogen and oxygen atoms in total. The lowest BCUT2D eigenvalue weighted by Crippen LogP contribution is -2.33. The first kappa shape index (κ1) is 15.3. The zero-order valence-electron chi connectivity index (χ0n) is 10.5. The average Bonchev–Trinajstić information content (AvgIpc) is 2.26. The molecule has 0 fully saturated rings. The van der Waals surface area contributed by atoms with Gasteiger partial charge in [-0.1, -0.05) is 18.2 Å². The van der Waals surface area contributed by atoms with Gasteiger partial charge in [-0.15, -0.1) is 0 Å². The van der Waals surface area contributed by atoms with Gasteiger partial charge in [-0.2, -0.15) is 13.2 Å². The Hall–Kier alpha value is -1.76. The van der Waals surface area contributed by atoms with Gasteiger partial charge in [0.2, 0.25) is 0 Å². The van der Waals surface area contributed by atoms with Gasteiger partial charge >= 0.3 is 6.18 Å². The van der Waals surface area contributed by atoms with E-state index in [0.29, 0.717) is 5.75 Å². The van der Waals surface area contributed by atoms with Gasteiger partial charge in [0.1, 0.15) is 5.75 Å². The van der Waals surface area contributed by atoms with Crippen LogP contribution in [0.15, 0.2) is 18.2 Å². The minimum atomic E-state index is -4.49. The number of halogens is 3. The van der Waals surface area contributed by atoms with E-state index < -0.39 is 25.3 Å². The van der Waals surface area contributed by atoms with Crippen molar-refractivity contribution in [3.63, 3.8) is 0 Å². The fourth-order valence-electron chi connectivity index (χ4n) is 1.39. The summed E-state index contributed by atoms with van der Waals surface area (Å²) in [6, 6.07) is 5.45. The van der Waals surface area contributed by atoms with Crippen LogP contribution >= 0.6 is 0 Å². The van der Waals surface area contributed by atoms with E-state index in [2.05, 4.69) is 4.84 Å². The lowest BCUT2D eigenvalue weighted by Gasteiger charge is -2.12. The van der Waals surface area contributed by atoms with E-state index in [1.807, 2.05) is 6.07 Å². The Balaban J connectivity index is 2.38. The molecular weight excluding hydrogens is 263 g/mol. The topological polar surface area (TPSA) is 47.6 Å². The van der Waals surface area contributed by atoms with Gasteiger partial charge in [-0.05, 0) is 25.0 Å². The number of benzene rings is 1. The molecule has 1 rings (SSSR count). The third-order valence-electron chi connectivity index (χ3n) is 2.18. The zero-order valence-corrected chi connectivity index (χ0v) is 10.5. The Morgan fingerprint density at radius 1 is 1.26 bits per heavy atom. The summed E-state index contributed by atoms with van der Waals surface area (Å²) in [5.41, 5.74) is 3.34. The highest BCUT2D eigenvalue weighted by Gasteiger charge is 2.28. The van der Waals surface area contributed by atoms with E-state index in [-0.39, 0.29) is 0 Å². The summed E-state index contributed by atoms with van der Waals surface area (Å²) in [4.78, 5) is 15.2. The predicted octanol–water partition coefficient (Wildman–Crippen LogP) is 2.29. The molecule has 0 bridgehead atoms. The summed E-state index contributed by atoms with van der Waals surface area (Å²) in [6.07, 6.45) is -4.49. The smallest absolute Gasteiger partial charge is 0.414 e. The van der Waals surface area contributed by atoms with Crippen molar-refractivity contribution in [3.05, 3.63) is 29.3 Å². The molecule has 1 aromatic rings. The third kappa shape index (κ3) is 5.60. The van der Waals surface area contributed by atoms with Crippen molar-refractivity contribution in [2.45, 2.75) is 20.0 Å². The summed E-state index contributed by atoms with van der Waals surface area (Å²) in [5, 5.41) is 0. The molecule has 1 amide bonds. The second-order valence-electron chi connectivity index (χ2n) is 3.94. The van der Waals surface area contributed by atoms with Crippen molar-refractivity contribution < 1.29 is 27.5 Å². The number of ether oxygens (including phenoxy) is 1. The summed E-state index contributed by atoms with van der Waals surface area (Å²) >= 11 is 0. The van der Waals surface area contributed by atoms with Crippen LogP contribution in [0.4, 0.5) is 13.2 Å². The molecular formula is C12H14F3NO3. The zero-order chi connectivity index (χ0) is 14.5. The van der Waals surface area contributed by atoms with Crippen LogP contribution in [0.25, 0.3) is 0 Å². The van der Waals surface area contributed by atoms with Crippen LogP contribution in [0.3, 0.4) is 0 Å². The Labute approximate surface area is 108 Å². The number of para-hydroxylation sites is 1. The highest BCUT2D eigenvalue weighted by atomic mass is 19.4. The molecule has 19 heavy (non-hydrogen) atoms. The number of aryl methyl sites for hydroxylation is 2. The van der Waals surface area contributed by atoms with Crippen molar-refractivity contribution in [3.8, 4) is 5.75 Å². The number of hydrogen-bond donors (Lipinski definition) is 1. The number of hydroxylamine groups is 1. The number of rotatable bonds is 5. The molecule has 1 aromatic carbocycles. The van der Waals surface area contributed by atoms with Crippen LogP contribution in [-0.2, 0) is 9.63 Å². The molecule has 0 atom stereocenters. The van der Waals surface area contributed by atoms with Crippen LogP contribution < -0.4 is 10.2 Å². The quantitative estimate of drug-likeness (QED) is 0.840. The fraction of sp³-hybridized carbons (Fsp3) is 0.417. The van der Waals surface area contributed by atoms with Crippen molar-refractivity contribution in [1.29, 1.82) is 0 Å². The maximum absolute atomic E-state index is 11.8. The minimum Gasteiger partial charge on any atom is -0.483 e. The molecule has 0 unspecified atom stereocenters. The molecule has 0 aliphatic carbocycles. The van der Waals surface area contributed by atoms with Crippen LogP contribution in [0, 0.1) is 13.8 Å². The van der Waals surface area contributed by atoms with Crippen LogP contribution in [0.2, 0.25) is 0 Å². The van der Waals surface area contributed by atoms with Gasteiger partial charge in [-0.25, -0.2) is 5.48 Å². The maximum Gasteiger partial charge on any atom is 0.414 e. The highest BCUT2D eigenvalue weighted by molar-refractivity contribution is 5.76. The van der Waals surface area contributed by atoms with Gasteiger partial charge < -0.3 is 4.74 Å². The van der Waals surface area contributed by atoms with E-state index in [4.69, 9.17) is 4.74 Å². The van der Waals surface area contributed by atoms with E-state index in [9.17, 15) is 18.0 Å². The number of carbonyl (C=O) groups excluding carboxylic acids is 1. The Kier molecular flexibility index (Phi) is 5.17. The third-order valence-corrected chi connectivity index (χ3v) is 2.18. The Bertz CT molecular complexity index is 426. The number of nitrogens with one attached hydrogen (secondary N) is 1. The first-order valence-corrected chi connectivity index (χ1v) is 5.46. The molecule has 0 aliphatic rings. The summed E-state index contributed by atoms with van der Waals surface area (Å²) in [7, 11) is 0. The standard InChI is InChI=1S/C12H14F3NO3/c1-8-4-3-5-9(2)11(8)18-6-10(17)16-19-7-12(13,14)15/h3-5H,6-7H2,1-2H3,(H,16,17). The summed E-state index contributed by atoms with van der Waals surface area (Å²) in [5.74, 6) is -0.250. The van der Waals surface area contributed by atoms with Crippen molar-refractivity contribution >= 4 is 5.91 Å². The monoisotopic (exact) mass is 277 g/mol. The molecule has 0 aromatic heterocycles. The van der Waals surface area contributed by atoms with Gasteiger partial charge in [0.15, 0.2) is 13.2 Å². The molecule has 0 saturated heterocycles. The minimum absolute atomic E-state index is 0.413. The SMILES string of the molecule is Cc1cccc(C)c1OCC(=O)NOCC(F)(F)F. The molecule has 0 heterocycles. The number of carbonyl (C=O) groups is 1. The summed E-state index contributed by atoms with van der Waals surface area (Å²) < 4.78 is 40.5. The molecule has 106 valence electrons. The van der Waals surface area contributed by atoms with Gasteiger partial charge in [0, 0.05) is 0 Å². The molecule has 0 spiro atoms. The molecule has 1 N–H and O–H groups in total. The van der Waals surface area contributed by atoms with Gasteiger partial charge in [0.05, 0.1) is 0 Å². The molecule has 0 radical (unpaired) electrons. The van der Waals surface area contributed by atoms with Crippen LogP contribution in [-0.4, -0.2) is 25.3 Å². The average molecular weight is 277 g/mol. The number of alkyl halides is 3. The van der Waals surface area contributed by atoms with E-state index in [1.54, 1.807) is 31.5 Å². The van der Waals surface area contributed by atoms with Crippen LogP contribution in [0.5, 0.6) is 5.75 Å². The first-order chi connectivity index (χ1) is 8.79. The second-order valence-corrected chi connectivity index (χ2v) is 3.94. The van der Waals surface area contributed by atoms with E-state index >= 15 is 0 Å². The predicted molar refractivity (Wildman–Crippen MR) is 61.6 cm³/mol. The summed E-state index contributed by atoms with van der Waals surface area (Å²) in [6.45, 7) is 1.66. The first-order valence-electron chi connectivity index (χ1n) is 5.46. The fourth-order valence-corrected chi connectivity index (χ4v) is 1.39. The maximum atomic E-state index is 11.8. The number of amides is 1. The lowest BCUT2D eigenvalue weighted by atomic mass is 10.1. The second kappa shape index (κ2) is 6.42. The number of hydrogen-bond acceptors (Lipinski definition) is 3. The normalized spacial score (nSPS) is 11.2. The molecule has 7 heteroatoms. The highest BCUT2D eigenvalue weighted by Crippen LogP contribution is 2.22. The Morgan fingerprint density at radius 3 is 2.37 bits per heavy atom. The van der Waals surface area contributed by atoms with Crippen LogP contribution in [0.1, 0.15) is 11.1 Å². The van der Waals surface area contributed by atoms with Crippen molar-refractivity contribution in [2.75, 3.05) is 13.2 Å². The van der Waals surface area contributed by atoms with Crippen molar-refractivity contribution in [1.82, 2.24) is 5.48 Å². The van der Waals surface area contributed by atoms with E-state index in [1.165, 1.54) is 0 Å². The largest absolute Gasteiger partial charge is 0.483 e. The molecule has 0 saturated carbocycles. The lowest BCUT2D eigenvalue weighted by molar-refractivity contribution is -0.192. The van der Waals surface area contributed by atoms with Gasteiger partial charge in [-0.3, -0.25) is 9.63 Å².